The predicted molar refractivity (Wildman–Crippen MR) is 125 cm³/mol. The number of carbonyl (C=O) groups excluding carboxylic acids is 2. The highest BCUT2D eigenvalue weighted by atomic mass is 19.3. The van der Waals surface area contributed by atoms with Gasteiger partial charge < -0.3 is 24.4 Å². The molecule has 0 aliphatic heterocycles. The fourth-order valence-corrected chi connectivity index (χ4v) is 3.92. The van der Waals surface area contributed by atoms with E-state index in [9.17, 15) is 9.59 Å². The minimum absolute atomic E-state index is 0.255. The van der Waals surface area contributed by atoms with Crippen molar-refractivity contribution >= 4 is 11.9 Å². The molecule has 1 aromatic carbocycles. The maximum atomic E-state index is 15.1. The van der Waals surface area contributed by atoms with Gasteiger partial charge in [0.2, 0.25) is 0 Å². The molecule has 1 aliphatic rings. The van der Waals surface area contributed by atoms with Crippen LogP contribution >= 0.6 is 0 Å². The number of carbonyl (C=O) groups is 2. The van der Waals surface area contributed by atoms with E-state index in [1.54, 1.807) is 0 Å². The molecule has 1 aliphatic carbocycles. The summed E-state index contributed by atoms with van der Waals surface area (Å²) in [5.41, 5.74) is -0.519. The summed E-state index contributed by atoms with van der Waals surface area (Å²) in [7, 11) is 0. The molecule has 0 aromatic heterocycles. The van der Waals surface area contributed by atoms with Crippen molar-refractivity contribution in [3.05, 3.63) is 42.5 Å². The van der Waals surface area contributed by atoms with E-state index in [0.717, 1.165) is 43.9 Å². The maximum absolute atomic E-state index is 15.1. The summed E-state index contributed by atoms with van der Waals surface area (Å²) >= 11 is 0. The molecule has 0 radical (unpaired) electrons. The lowest BCUT2D eigenvalue weighted by Gasteiger charge is -2.33. The lowest BCUT2D eigenvalue weighted by molar-refractivity contribution is -0.223. The molecule has 0 atom stereocenters. The van der Waals surface area contributed by atoms with E-state index < -0.39 is 37.2 Å². The zero-order chi connectivity index (χ0) is 26.0. The van der Waals surface area contributed by atoms with Crippen molar-refractivity contribution in [2.24, 2.45) is 11.8 Å². The van der Waals surface area contributed by atoms with E-state index in [-0.39, 0.29) is 28.4 Å². The van der Waals surface area contributed by atoms with Gasteiger partial charge in [0.1, 0.15) is 17.2 Å². The summed E-state index contributed by atoms with van der Waals surface area (Å²) in [6, 6.07) is 3.23. The number of esters is 2. The molecular weight excluding hydrogens is 462 g/mol. The molecule has 0 saturated heterocycles. The van der Waals surface area contributed by atoms with Crippen molar-refractivity contribution < 1.29 is 42.8 Å². The Morgan fingerprint density at radius 3 is 1.86 bits per heavy atom. The van der Waals surface area contributed by atoms with Crippen LogP contribution in [0.15, 0.2) is 42.5 Å². The lowest BCUT2D eigenvalue weighted by atomic mass is 9.79. The topological polar surface area (TPSA) is 102 Å². The number of aliphatic hydroxyl groups is 2. The molecule has 0 amide bonds. The second-order valence-electron chi connectivity index (χ2n) is 8.82. The normalized spacial score (nSPS) is 18.0. The molecule has 194 valence electrons. The molecule has 9 heteroatoms. The SMILES string of the molecule is C=C(CO)C(=O)Oc1cc(OC(=O)C(=C)CO)cc(OC(F)(F)C2CCC(CCCCC)CC2)c1. The fraction of sp³-hybridized carbons (Fsp3) is 0.538. The van der Waals surface area contributed by atoms with Gasteiger partial charge >= 0.3 is 18.0 Å². The summed E-state index contributed by atoms with van der Waals surface area (Å²) in [4.78, 5) is 23.9. The summed E-state index contributed by atoms with van der Waals surface area (Å²) < 4.78 is 45.2. The smallest absolute Gasteiger partial charge is 0.400 e. The van der Waals surface area contributed by atoms with Crippen LogP contribution < -0.4 is 14.2 Å². The first kappa shape index (κ1) is 28.5. The largest absolute Gasteiger partial charge is 0.432 e. The summed E-state index contributed by atoms with van der Waals surface area (Å²) in [5.74, 6) is -3.40. The van der Waals surface area contributed by atoms with Crippen LogP contribution in [-0.4, -0.2) is 41.5 Å². The monoisotopic (exact) mass is 496 g/mol. The number of ether oxygens (including phenoxy) is 3. The first-order chi connectivity index (χ1) is 16.6. The van der Waals surface area contributed by atoms with Crippen LogP contribution in [-0.2, 0) is 9.59 Å². The molecule has 0 spiro atoms. The predicted octanol–water partition coefficient (Wildman–Crippen LogP) is 4.95. The van der Waals surface area contributed by atoms with Crippen LogP contribution in [0.1, 0.15) is 58.3 Å². The van der Waals surface area contributed by atoms with Crippen molar-refractivity contribution in [1.29, 1.82) is 0 Å². The molecule has 1 fully saturated rings. The van der Waals surface area contributed by atoms with Gasteiger partial charge in [0.15, 0.2) is 0 Å². The highest BCUT2D eigenvalue weighted by molar-refractivity contribution is 5.90. The first-order valence-corrected chi connectivity index (χ1v) is 11.8. The Morgan fingerprint density at radius 1 is 0.914 bits per heavy atom. The number of halogens is 2. The van der Waals surface area contributed by atoms with Crippen molar-refractivity contribution in [3.63, 3.8) is 0 Å². The van der Waals surface area contributed by atoms with Crippen LogP contribution in [0.25, 0.3) is 0 Å². The van der Waals surface area contributed by atoms with Gasteiger partial charge in [-0.15, -0.1) is 0 Å². The van der Waals surface area contributed by atoms with Gasteiger partial charge in [-0.3, -0.25) is 0 Å². The summed E-state index contributed by atoms with van der Waals surface area (Å²) in [6.07, 6.45) is 2.99. The number of hydrogen-bond donors (Lipinski definition) is 2. The number of benzene rings is 1. The number of alkyl halides is 2. The van der Waals surface area contributed by atoms with Crippen molar-refractivity contribution in [3.8, 4) is 17.2 Å². The summed E-state index contributed by atoms with van der Waals surface area (Å²) in [5, 5.41) is 18.1. The van der Waals surface area contributed by atoms with E-state index in [0.29, 0.717) is 31.6 Å². The zero-order valence-electron chi connectivity index (χ0n) is 20.1. The Bertz CT molecular complexity index is 857. The van der Waals surface area contributed by atoms with Crippen LogP contribution in [0, 0.1) is 11.8 Å². The Morgan fingerprint density at radius 2 is 1.40 bits per heavy atom. The van der Waals surface area contributed by atoms with E-state index in [1.165, 1.54) is 0 Å². The van der Waals surface area contributed by atoms with Gasteiger partial charge in [0.25, 0.3) is 0 Å². The zero-order valence-corrected chi connectivity index (χ0v) is 20.1. The van der Waals surface area contributed by atoms with Gasteiger partial charge in [-0.25, -0.2) is 9.59 Å². The fourth-order valence-electron chi connectivity index (χ4n) is 3.92. The standard InChI is InChI=1S/C26H34F2O7/c1-4-5-6-7-19-8-10-20(11-9-19)26(27,28)35-23-13-21(33-24(31)17(2)15-29)12-22(14-23)34-25(32)18(3)16-30/h12-14,19-20,29-30H,2-11,15-16H2,1H3. The highest BCUT2D eigenvalue weighted by Crippen LogP contribution is 2.42. The Balaban J connectivity index is 2.17. The van der Waals surface area contributed by atoms with Crippen molar-refractivity contribution in [2.45, 2.75) is 64.4 Å². The van der Waals surface area contributed by atoms with Gasteiger partial charge in [-0.2, -0.15) is 8.78 Å². The Labute approximate surface area is 204 Å². The third-order valence-electron chi connectivity index (χ3n) is 6.03. The average Bonchev–Trinajstić information content (AvgIpc) is 2.82. The van der Waals surface area contributed by atoms with E-state index in [1.807, 2.05) is 0 Å². The average molecular weight is 497 g/mol. The number of aliphatic hydroxyl groups excluding tert-OH is 2. The third-order valence-corrected chi connectivity index (χ3v) is 6.03. The molecule has 1 aromatic rings. The Hall–Kier alpha value is -2.78. The van der Waals surface area contributed by atoms with Gasteiger partial charge in [-0.05, 0) is 31.6 Å². The van der Waals surface area contributed by atoms with Gasteiger partial charge in [-0.1, -0.05) is 45.8 Å². The molecule has 0 bridgehead atoms. The second kappa shape index (κ2) is 13.3. The van der Waals surface area contributed by atoms with Gasteiger partial charge in [0, 0.05) is 18.2 Å². The number of unbranched alkanes of at least 4 members (excludes halogenated alkanes) is 2. The molecule has 1 saturated carbocycles. The van der Waals surface area contributed by atoms with Crippen LogP contribution in [0.4, 0.5) is 8.78 Å². The minimum atomic E-state index is -3.50. The third kappa shape index (κ3) is 8.74. The molecule has 2 rings (SSSR count). The van der Waals surface area contributed by atoms with E-state index in [4.69, 9.17) is 24.4 Å². The first-order valence-electron chi connectivity index (χ1n) is 11.8. The van der Waals surface area contributed by atoms with E-state index >= 15 is 8.78 Å². The lowest BCUT2D eigenvalue weighted by Crippen LogP contribution is -2.37. The number of rotatable bonds is 13. The van der Waals surface area contributed by atoms with Crippen molar-refractivity contribution in [2.75, 3.05) is 13.2 Å². The van der Waals surface area contributed by atoms with Crippen LogP contribution in [0.5, 0.6) is 17.2 Å². The number of hydrogen-bond acceptors (Lipinski definition) is 7. The second-order valence-corrected chi connectivity index (χ2v) is 8.82. The van der Waals surface area contributed by atoms with Crippen molar-refractivity contribution in [1.82, 2.24) is 0 Å². The quantitative estimate of drug-likeness (QED) is 0.172. The molecule has 7 nitrogen and oxygen atoms in total. The van der Waals surface area contributed by atoms with E-state index in [2.05, 4.69) is 20.1 Å². The molecular formula is C26H34F2O7. The highest BCUT2D eigenvalue weighted by Gasteiger charge is 2.44. The van der Waals surface area contributed by atoms with Crippen LogP contribution in [0.2, 0.25) is 0 Å². The minimum Gasteiger partial charge on any atom is -0.432 e. The summed E-state index contributed by atoms with van der Waals surface area (Å²) in [6.45, 7) is 7.50. The maximum Gasteiger partial charge on any atom is 0.400 e. The molecule has 35 heavy (non-hydrogen) atoms. The molecule has 2 N–H and O–H groups in total. The van der Waals surface area contributed by atoms with Gasteiger partial charge in [0.05, 0.1) is 30.3 Å². The Kier molecular flexibility index (Phi) is 10.9. The molecule has 0 unspecified atom stereocenters. The molecule has 0 heterocycles. The van der Waals surface area contributed by atoms with Crippen LogP contribution in [0.3, 0.4) is 0 Å².